The molecule has 0 aliphatic rings. The van der Waals surface area contributed by atoms with Crippen molar-refractivity contribution in [2.45, 2.75) is 13.5 Å². The molecule has 20 heavy (non-hydrogen) atoms. The predicted octanol–water partition coefficient (Wildman–Crippen LogP) is 2.80. The fraction of sp³-hybridized carbons (Fsp3) is 0.143. The first-order chi connectivity index (χ1) is 9.72. The van der Waals surface area contributed by atoms with E-state index in [0.717, 1.165) is 5.56 Å². The molecule has 2 heterocycles. The van der Waals surface area contributed by atoms with Crippen LogP contribution in [0.1, 0.15) is 11.5 Å². The molecule has 0 unspecified atom stereocenters. The Kier molecular flexibility index (Phi) is 3.12. The molecule has 102 valence electrons. The zero-order chi connectivity index (χ0) is 13.9. The van der Waals surface area contributed by atoms with Gasteiger partial charge in [-0.25, -0.2) is 0 Å². The molecule has 0 saturated heterocycles. The molecule has 3 rings (SSSR count). The van der Waals surface area contributed by atoms with Crippen molar-refractivity contribution in [3.63, 3.8) is 0 Å². The third kappa shape index (κ3) is 2.49. The van der Waals surface area contributed by atoms with Gasteiger partial charge in [0.2, 0.25) is 5.82 Å². The van der Waals surface area contributed by atoms with E-state index in [4.69, 9.17) is 19.4 Å². The van der Waals surface area contributed by atoms with Crippen LogP contribution >= 0.6 is 0 Å². The van der Waals surface area contributed by atoms with Gasteiger partial charge < -0.3 is 19.4 Å². The van der Waals surface area contributed by atoms with Crippen molar-refractivity contribution in [3.8, 4) is 17.3 Å². The van der Waals surface area contributed by atoms with Crippen molar-refractivity contribution in [1.82, 2.24) is 10.1 Å². The maximum absolute atomic E-state index is 5.60. The van der Waals surface area contributed by atoms with Crippen LogP contribution in [0.3, 0.4) is 0 Å². The van der Waals surface area contributed by atoms with Crippen LogP contribution in [-0.2, 0) is 6.61 Å². The largest absolute Gasteiger partial charge is 0.484 e. The predicted molar refractivity (Wildman–Crippen MR) is 71.9 cm³/mol. The topological polar surface area (TPSA) is 87.3 Å². The molecule has 2 aromatic heterocycles. The van der Waals surface area contributed by atoms with Crippen LogP contribution in [0.4, 0.5) is 5.69 Å². The molecule has 1 aromatic carbocycles. The Morgan fingerprint density at radius 2 is 2.00 bits per heavy atom. The Bertz CT molecular complexity index is 701. The monoisotopic (exact) mass is 271 g/mol. The first-order valence-electron chi connectivity index (χ1n) is 6.08. The van der Waals surface area contributed by atoms with Gasteiger partial charge in [0.25, 0.3) is 5.89 Å². The lowest BCUT2D eigenvalue weighted by molar-refractivity contribution is 0.243. The summed E-state index contributed by atoms with van der Waals surface area (Å²) in [7, 11) is 0. The van der Waals surface area contributed by atoms with Gasteiger partial charge in [0.1, 0.15) is 5.75 Å². The molecular weight excluding hydrogens is 258 g/mol. The summed E-state index contributed by atoms with van der Waals surface area (Å²) in [6.45, 7) is 2.11. The Hall–Kier alpha value is -2.76. The minimum absolute atomic E-state index is 0.191. The number of aromatic nitrogens is 2. The summed E-state index contributed by atoms with van der Waals surface area (Å²) in [6.07, 6.45) is 1.59. The van der Waals surface area contributed by atoms with Gasteiger partial charge in [0, 0.05) is 5.69 Å². The normalized spacial score (nSPS) is 10.7. The molecule has 0 aliphatic heterocycles. The number of aryl methyl sites for hydroxylation is 1. The summed E-state index contributed by atoms with van der Waals surface area (Å²) in [5, 5.41) is 3.87. The Morgan fingerprint density at radius 1 is 1.20 bits per heavy atom. The molecule has 0 spiro atoms. The van der Waals surface area contributed by atoms with Gasteiger partial charge >= 0.3 is 0 Å². The molecule has 0 saturated carbocycles. The number of ether oxygens (including phenoxy) is 1. The number of hydrogen-bond donors (Lipinski definition) is 1. The average Bonchev–Trinajstić information content (AvgIpc) is 3.06. The Morgan fingerprint density at radius 3 is 2.70 bits per heavy atom. The number of nitrogens with two attached hydrogens (primary N) is 1. The van der Waals surface area contributed by atoms with Crippen LogP contribution in [0.25, 0.3) is 11.6 Å². The molecule has 0 radical (unpaired) electrons. The zero-order valence-corrected chi connectivity index (χ0v) is 10.9. The van der Waals surface area contributed by atoms with E-state index >= 15 is 0 Å². The first-order valence-corrected chi connectivity index (χ1v) is 6.08. The van der Waals surface area contributed by atoms with Crippen LogP contribution in [-0.4, -0.2) is 10.1 Å². The quantitative estimate of drug-likeness (QED) is 0.734. The summed E-state index contributed by atoms with van der Waals surface area (Å²) < 4.78 is 15.9. The minimum atomic E-state index is 0.191. The highest BCUT2D eigenvalue weighted by molar-refractivity contribution is 5.50. The van der Waals surface area contributed by atoms with Gasteiger partial charge in [-0.1, -0.05) is 5.16 Å². The van der Waals surface area contributed by atoms with Crippen molar-refractivity contribution in [3.05, 3.63) is 48.0 Å². The standard InChI is InChI=1S/C14H13N3O3/c1-9-6-7-18-13(9)14-16-12(20-17-14)8-19-11-4-2-10(15)3-5-11/h2-7H,8,15H2,1H3. The van der Waals surface area contributed by atoms with Crippen LogP contribution in [0.5, 0.6) is 5.75 Å². The maximum atomic E-state index is 5.60. The van der Waals surface area contributed by atoms with Crippen LogP contribution in [0, 0.1) is 6.92 Å². The van der Waals surface area contributed by atoms with E-state index in [-0.39, 0.29) is 6.61 Å². The van der Waals surface area contributed by atoms with E-state index in [1.165, 1.54) is 0 Å². The Balaban J connectivity index is 1.69. The summed E-state index contributed by atoms with van der Waals surface area (Å²) in [5.74, 6) is 2.09. The number of furan rings is 1. The molecule has 0 aliphatic carbocycles. The zero-order valence-electron chi connectivity index (χ0n) is 10.9. The van der Waals surface area contributed by atoms with E-state index in [1.807, 2.05) is 13.0 Å². The van der Waals surface area contributed by atoms with Gasteiger partial charge in [-0.2, -0.15) is 4.98 Å². The third-order valence-electron chi connectivity index (χ3n) is 2.78. The van der Waals surface area contributed by atoms with Gasteiger partial charge in [-0.15, -0.1) is 0 Å². The van der Waals surface area contributed by atoms with Crippen LogP contribution in [0.15, 0.2) is 45.5 Å². The smallest absolute Gasteiger partial charge is 0.264 e. The summed E-state index contributed by atoms with van der Waals surface area (Å²) in [6, 6.07) is 8.93. The second-order valence-electron chi connectivity index (χ2n) is 4.30. The molecule has 0 amide bonds. The lowest BCUT2D eigenvalue weighted by atomic mass is 10.3. The van der Waals surface area contributed by atoms with E-state index in [1.54, 1.807) is 30.5 Å². The minimum Gasteiger partial charge on any atom is -0.484 e. The van der Waals surface area contributed by atoms with E-state index in [2.05, 4.69) is 10.1 Å². The van der Waals surface area contributed by atoms with Crippen LogP contribution < -0.4 is 10.5 Å². The number of anilines is 1. The van der Waals surface area contributed by atoms with Gasteiger partial charge in [-0.3, -0.25) is 0 Å². The lowest BCUT2D eigenvalue weighted by Gasteiger charge is -2.02. The highest BCUT2D eigenvalue weighted by Gasteiger charge is 2.13. The molecule has 0 atom stereocenters. The van der Waals surface area contributed by atoms with Crippen molar-refractivity contribution in [1.29, 1.82) is 0 Å². The molecule has 3 aromatic rings. The highest BCUT2D eigenvalue weighted by Crippen LogP contribution is 2.21. The van der Waals surface area contributed by atoms with Crippen molar-refractivity contribution >= 4 is 5.69 Å². The molecular formula is C14H13N3O3. The summed E-state index contributed by atoms with van der Waals surface area (Å²) in [4.78, 5) is 4.22. The SMILES string of the molecule is Cc1ccoc1-c1noc(COc2ccc(N)cc2)n1. The number of hydrogen-bond acceptors (Lipinski definition) is 6. The number of nitrogen functional groups attached to an aromatic ring is 1. The molecule has 2 N–H and O–H groups in total. The maximum Gasteiger partial charge on any atom is 0.264 e. The van der Waals surface area contributed by atoms with Crippen molar-refractivity contribution in [2.75, 3.05) is 5.73 Å². The summed E-state index contributed by atoms with van der Waals surface area (Å²) >= 11 is 0. The first kappa shape index (κ1) is 12.3. The van der Waals surface area contributed by atoms with E-state index in [0.29, 0.717) is 28.9 Å². The molecule has 6 nitrogen and oxygen atoms in total. The fourth-order valence-electron chi connectivity index (χ4n) is 1.72. The molecule has 0 fully saturated rings. The molecule has 0 bridgehead atoms. The summed E-state index contributed by atoms with van der Waals surface area (Å²) in [5.41, 5.74) is 7.24. The van der Waals surface area contributed by atoms with Gasteiger partial charge in [-0.05, 0) is 42.8 Å². The average molecular weight is 271 g/mol. The second-order valence-corrected chi connectivity index (χ2v) is 4.30. The van der Waals surface area contributed by atoms with Crippen LogP contribution in [0.2, 0.25) is 0 Å². The van der Waals surface area contributed by atoms with Gasteiger partial charge in [0.15, 0.2) is 12.4 Å². The lowest BCUT2D eigenvalue weighted by Crippen LogP contribution is -1.96. The fourth-order valence-corrected chi connectivity index (χ4v) is 1.72. The van der Waals surface area contributed by atoms with Crippen molar-refractivity contribution in [2.24, 2.45) is 0 Å². The van der Waals surface area contributed by atoms with Crippen molar-refractivity contribution < 1.29 is 13.7 Å². The van der Waals surface area contributed by atoms with Gasteiger partial charge in [0.05, 0.1) is 6.26 Å². The number of rotatable bonds is 4. The highest BCUT2D eigenvalue weighted by atomic mass is 16.5. The number of nitrogens with zero attached hydrogens (tertiary/aromatic N) is 2. The van der Waals surface area contributed by atoms with E-state index < -0.39 is 0 Å². The molecule has 6 heteroatoms. The number of benzene rings is 1. The third-order valence-corrected chi connectivity index (χ3v) is 2.78. The Labute approximate surface area is 115 Å². The second kappa shape index (κ2) is 5.08. The van der Waals surface area contributed by atoms with E-state index in [9.17, 15) is 0 Å².